The van der Waals surface area contributed by atoms with E-state index in [1.54, 1.807) is 12.1 Å². The van der Waals surface area contributed by atoms with E-state index < -0.39 is 0 Å². The Balaban J connectivity index is 1.76. The number of nitrogens with one attached hydrogen (secondary N) is 1. The molecule has 0 amide bonds. The molecule has 2 aromatic carbocycles. The van der Waals surface area contributed by atoms with E-state index in [0.29, 0.717) is 10.6 Å². The molecule has 0 bridgehead atoms. The van der Waals surface area contributed by atoms with Gasteiger partial charge >= 0.3 is 5.97 Å². The van der Waals surface area contributed by atoms with Crippen LogP contribution in [0.25, 0.3) is 10.9 Å². The average Bonchev–Trinajstić information content (AvgIpc) is 2.96. The van der Waals surface area contributed by atoms with Crippen molar-refractivity contribution >= 4 is 28.5 Å². The van der Waals surface area contributed by atoms with Crippen molar-refractivity contribution < 1.29 is 9.53 Å². The molecule has 0 atom stereocenters. The fourth-order valence-corrected chi connectivity index (χ4v) is 2.54. The Morgan fingerprint density at radius 3 is 2.77 bits per heavy atom. The lowest BCUT2D eigenvalue weighted by Crippen LogP contribution is -2.05. The second-order valence-electron chi connectivity index (χ2n) is 5.12. The molecule has 0 fully saturated rings. The van der Waals surface area contributed by atoms with Crippen LogP contribution in [0.15, 0.2) is 48.5 Å². The second-order valence-corrected chi connectivity index (χ2v) is 5.52. The first kappa shape index (κ1) is 14.7. The number of halogens is 1. The first-order chi connectivity index (χ1) is 10.7. The Labute approximate surface area is 133 Å². The summed E-state index contributed by atoms with van der Waals surface area (Å²) >= 11 is 6.05. The Hall–Kier alpha value is -2.26. The van der Waals surface area contributed by atoms with Crippen LogP contribution < -0.4 is 0 Å². The number of aryl methyl sites for hydroxylation is 1. The normalized spacial score (nSPS) is 10.8. The summed E-state index contributed by atoms with van der Waals surface area (Å²) in [6, 6.07) is 15.0. The van der Waals surface area contributed by atoms with E-state index in [4.69, 9.17) is 16.3 Å². The number of carbonyl (C=O) groups is 1. The standard InChI is InChI=1S/C18H16ClNO2/c1-2-15-9-12-7-8-13(10-17(12)20-15)18(21)22-11-14-5-3-4-6-16(14)19/h3-10,20H,2,11H2,1H3. The monoisotopic (exact) mass is 313 g/mol. The molecule has 0 unspecified atom stereocenters. The van der Waals surface area contributed by atoms with Crippen LogP contribution in [-0.2, 0) is 17.8 Å². The van der Waals surface area contributed by atoms with Crippen molar-refractivity contribution in [3.05, 3.63) is 70.4 Å². The maximum atomic E-state index is 12.2. The van der Waals surface area contributed by atoms with E-state index in [1.807, 2.05) is 30.3 Å². The Morgan fingerprint density at radius 1 is 1.18 bits per heavy atom. The number of H-pyrrole nitrogens is 1. The van der Waals surface area contributed by atoms with Gasteiger partial charge in [-0.1, -0.05) is 42.8 Å². The summed E-state index contributed by atoms with van der Waals surface area (Å²) in [6.07, 6.45) is 0.932. The predicted octanol–water partition coefficient (Wildman–Crippen LogP) is 4.74. The zero-order valence-electron chi connectivity index (χ0n) is 12.2. The predicted molar refractivity (Wildman–Crippen MR) is 88.2 cm³/mol. The van der Waals surface area contributed by atoms with Crippen LogP contribution in [0.1, 0.15) is 28.5 Å². The summed E-state index contributed by atoms with van der Waals surface area (Å²) in [5, 5.41) is 1.70. The second kappa shape index (κ2) is 6.24. The van der Waals surface area contributed by atoms with Crippen molar-refractivity contribution in [1.82, 2.24) is 4.98 Å². The summed E-state index contributed by atoms with van der Waals surface area (Å²) < 4.78 is 5.34. The fourth-order valence-electron chi connectivity index (χ4n) is 2.35. The molecule has 1 aromatic heterocycles. The Morgan fingerprint density at radius 2 is 2.00 bits per heavy atom. The van der Waals surface area contributed by atoms with Gasteiger partial charge in [-0.2, -0.15) is 0 Å². The van der Waals surface area contributed by atoms with E-state index in [2.05, 4.69) is 18.0 Å². The topological polar surface area (TPSA) is 42.1 Å². The van der Waals surface area contributed by atoms with Crippen molar-refractivity contribution in [1.29, 1.82) is 0 Å². The van der Waals surface area contributed by atoms with Crippen molar-refractivity contribution in [2.24, 2.45) is 0 Å². The molecule has 1 heterocycles. The van der Waals surface area contributed by atoms with Crippen LogP contribution >= 0.6 is 11.6 Å². The highest BCUT2D eigenvalue weighted by atomic mass is 35.5. The number of ether oxygens (including phenoxy) is 1. The molecule has 0 aliphatic carbocycles. The number of hydrogen-bond donors (Lipinski definition) is 1. The molecule has 0 saturated carbocycles. The average molecular weight is 314 g/mol. The van der Waals surface area contributed by atoms with Crippen LogP contribution in [0.3, 0.4) is 0 Å². The minimum Gasteiger partial charge on any atom is -0.457 e. The van der Waals surface area contributed by atoms with Gasteiger partial charge in [0.05, 0.1) is 5.56 Å². The third-order valence-corrected chi connectivity index (χ3v) is 3.98. The van der Waals surface area contributed by atoms with Crippen LogP contribution in [0.5, 0.6) is 0 Å². The fraction of sp³-hybridized carbons (Fsp3) is 0.167. The number of rotatable bonds is 4. The number of aromatic amines is 1. The highest BCUT2D eigenvalue weighted by molar-refractivity contribution is 6.31. The summed E-state index contributed by atoms with van der Waals surface area (Å²) in [5.41, 5.74) is 3.43. The van der Waals surface area contributed by atoms with Gasteiger partial charge in [0.2, 0.25) is 0 Å². The van der Waals surface area contributed by atoms with Crippen molar-refractivity contribution in [3.63, 3.8) is 0 Å². The quantitative estimate of drug-likeness (QED) is 0.707. The molecule has 3 rings (SSSR count). The number of hydrogen-bond acceptors (Lipinski definition) is 2. The van der Waals surface area contributed by atoms with Gasteiger partial charge in [-0.15, -0.1) is 0 Å². The lowest BCUT2D eigenvalue weighted by atomic mass is 10.1. The molecule has 112 valence electrons. The van der Waals surface area contributed by atoms with Crippen LogP contribution in [-0.4, -0.2) is 11.0 Å². The Kier molecular flexibility index (Phi) is 4.16. The number of benzene rings is 2. The molecule has 0 aliphatic rings. The third kappa shape index (κ3) is 3.00. The number of carbonyl (C=O) groups excluding carboxylic acids is 1. The summed E-state index contributed by atoms with van der Waals surface area (Å²) in [7, 11) is 0. The van der Waals surface area contributed by atoms with Crippen LogP contribution in [0, 0.1) is 0 Å². The van der Waals surface area contributed by atoms with Gasteiger partial charge < -0.3 is 9.72 Å². The van der Waals surface area contributed by atoms with Crippen LogP contribution in [0.4, 0.5) is 0 Å². The number of aromatic nitrogens is 1. The van der Waals surface area contributed by atoms with Gasteiger partial charge in [0.15, 0.2) is 0 Å². The van der Waals surface area contributed by atoms with E-state index >= 15 is 0 Å². The summed E-state index contributed by atoms with van der Waals surface area (Å²) in [4.78, 5) is 15.5. The third-order valence-electron chi connectivity index (χ3n) is 3.61. The number of esters is 1. The minimum absolute atomic E-state index is 0.168. The molecule has 1 N–H and O–H groups in total. The van der Waals surface area contributed by atoms with Gasteiger partial charge in [-0.25, -0.2) is 4.79 Å². The molecule has 0 aliphatic heterocycles. The maximum absolute atomic E-state index is 12.2. The van der Waals surface area contributed by atoms with Crippen molar-refractivity contribution in [2.45, 2.75) is 20.0 Å². The first-order valence-electron chi connectivity index (χ1n) is 7.19. The lowest BCUT2D eigenvalue weighted by molar-refractivity contribution is 0.0473. The van der Waals surface area contributed by atoms with Gasteiger partial charge in [0.1, 0.15) is 6.61 Å². The van der Waals surface area contributed by atoms with E-state index in [0.717, 1.165) is 28.6 Å². The molecule has 3 aromatic rings. The van der Waals surface area contributed by atoms with Crippen molar-refractivity contribution in [2.75, 3.05) is 0 Å². The van der Waals surface area contributed by atoms with Gasteiger partial charge in [-0.05, 0) is 36.1 Å². The van der Waals surface area contributed by atoms with E-state index in [9.17, 15) is 4.79 Å². The molecule has 22 heavy (non-hydrogen) atoms. The van der Waals surface area contributed by atoms with Crippen LogP contribution in [0.2, 0.25) is 5.02 Å². The highest BCUT2D eigenvalue weighted by Gasteiger charge is 2.10. The molecule has 0 saturated heterocycles. The SMILES string of the molecule is CCc1cc2ccc(C(=O)OCc3ccccc3Cl)cc2[nH]1. The van der Waals surface area contributed by atoms with Gasteiger partial charge in [0.25, 0.3) is 0 Å². The molecule has 3 nitrogen and oxygen atoms in total. The molecular weight excluding hydrogens is 298 g/mol. The van der Waals surface area contributed by atoms with Gasteiger partial charge in [-0.3, -0.25) is 0 Å². The number of fused-ring (bicyclic) bond motifs is 1. The molecule has 0 radical (unpaired) electrons. The zero-order chi connectivity index (χ0) is 15.5. The summed E-state index contributed by atoms with van der Waals surface area (Å²) in [5.74, 6) is -0.352. The van der Waals surface area contributed by atoms with E-state index in [-0.39, 0.29) is 12.6 Å². The molecular formula is C18H16ClNO2. The summed E-state index contributed by atoms with van der Waals surface area (Å²) in [6.45, 7) is 2.25. The Bertz CT molecular complexity index is 823. The first-order valence-corrected chi connectivity index (χ1v) is 7.57. The van der Waals surface area contributed by atoms with Crippen molar-refractivity contribution in [3.8, 4) is 0 Å². The zero-order valence-corrected chi connectivity index (χ0v) is 13.0. The smallest absolute Gasteiger partial charge is 0.338 e. The highest BCUT2D eigenvalue weighted by Crippen LogP contribution is 2.20. The largest absolute Gasteiger partial charge is 0.457 e. The lowest BCUT2D eigenvalue weighted by Gasteiger charge is -2.06. The molecule has 4 heteroatoms. The van der Waals surface area contributed by atoms with Gasteiger partial charge in [0, 0.05) is 21.8 Å². The minimum atomic E-state index is -0.352. The maximum Gasteiger partial charge on any atom is 0.338 e. The molecule has 0 spiro atoms. The van der Waals surface area contributed by atoms with E-state index in [1.165, 1.54) is 0 Å².